The van der Waals surface area contributed by atoms with Crippen LogP contribution in [0.25, 0.3) is 10.9 Å². The lowest BCUT2D eigenvalue weighted by molar-refractivity contribution is -0.143. The highest BCUT2D eigenvalue weighted by atomic mass is 16.4. The van der Waals surface area contributed by atoms with Gasteiger partial charge in [-0.3, -0.25) is 14.4 Å². The molecule has 4 N–H and O–H groups in total. The molecule has 1 heterocycles. The molecule has 0 saturated carbocycles. The summed E-state index contributed by atoms with van der Waals surface area (Å²) in [5.74, 6) is -2.83. The number of hydrogen-bond donors (Lipinski definition) is 4. The van der Waals surface area contributed by atoms with Gasteiger partial charge in [-0.05, 0) is 36.0 Å². The molecule has 39 heavy (non-hydrogen) atoms. The number of carbonyl (C=O) groups excluding carboxylic acids is 2. The van der Waals surface area contributed by atoms with Crippen molar-refractivity contribution >= 4 is 28.7 Å². The number of carboxylic acids is 1. The number of rotatable bonds is 12. The van der Waals surface area contributed by atoms with E-state index in [0.29, 0.717) is 17.5 Å². The van der Waals surface area contributed by atoms with Crippen LogP contribution >= 0.6 is 0 Å². The van der Waals surface area contributed by atoms with E-state index < -0.39 is 47.2 Å². The van der Waals surface area contributed by atoms with Gasteiger partial charge in [0.1, 0.15) is 18.1 Å². The van der Waals surface area contributed by atoms with Crippen LogP contribution in [0.2, 0.25) is 0 Å². The summed E-state index contributed by atoms with van der Waals surface area (Å²) in [4.78, 5) is 68.0. The van der Waals surface area contributed by atoms with Crippen LogP contribution in [0, 0.1) is 11.8 Å². The van der Waals surface area contributed by atoms with E-state index in [0.717, 1.165) is 4.57 Å². The monoisotopic (exact) mass is 536 g/mol. The van der Waals surface area contributed by atoms with E-state index in [-0.39, 0.29) is 30.1 Å². The predicted molar refractivity (Wildman–Crippen MR) is 148 cm³/mol. The van der Waals surface area contributed by atoms with E-state index in [9.17, 15) is 29.1 Å². The highest BCUT2D eigenvalue weighted by molar-refractivity contribution is 5.91. The van der Waals surface area contributed by atoms with Crippen LogP contribution in [-0.2, 0) is 20.8 Å². The molecule has 0 radical (unpaired) electrons. The normalized spacial score (nSPS) is 14.4. The molecule has 4 unspecified atom stereocenters. The maximum Gasteiger partial charge on any atom is 0.329 e. The molecule has 3 rings (SSSR count). The van der Waals surface area contributed by atoms with Crippen molar-refractivity contribution in [2.75, 3.05) is 0 Å². The van der Waals surface area contributed by atoms with E-state index in [2.05, 4.69) is 15.6 Å². The fourth-order valence-corrected chi connectivity index (χ4v) is 4.50. The standard InChI is InChI=1S/C29H36N4O6/c1-5-18(4)24(26(35)30-22(28(37)38)15-17(2)3)32-25(34)23(16-19-11-7-6-8-12-19)33-27(36)20-13-9-10-14-21(20)31-29(33)39/h6-14,17-18,22-24H,5,15-16H2,1-4H3,(H,30,35)(H,31,39)(H,32,34)(H,37,38). The number of amides is 2. The minimum Gasteiger partial charge on any atom is -0.480 e. The van der Waals surface area contributed by atoms with Crippen LogP contribution in [0.3, 0.4) is 0 Å². The summed E-state index contributed by atoms with van der Waals surface area (Å²) >= 11 is 0. The maximum atomic E-state index is 13.8. The first-order chi connectivity index (χ1) is 18.5. The maximum absolute atomic E-state index is 13.8. The Bertz CT molecular complexity index is 1430. The summed E-state index contributed by atoms with van der Waals surface area (Å²) in [6.07, 6.45) is 0.759. The number of H-pyrrole nitrogens is 1. The van der Waals surface area contributed by atoms with Gasteiger partial charge in [0.2, 0.25) is 11.8 Å². The summed E-state index contributed by atoms with van der Waals surface area (Å²) in [6.45, 7) is 7.32. The van der Waals surface area contributed by atoms with E-state index in [1.165, 1.54) is 0 Å². The fourth-order valence-electron chi connectivity index (χ4n) is 4.50. The Hall–Kier alpha value is -4.21. The molecule has 0 bridgehead atoms. The Labute approximate surface area is 226 Å². The molecule has 208 valence electrons. The summed E-state index contributed by atoms with van der Waals surface area (Å²) in [5, 5.41) is 15.1. The lowest BCUT2D eigenvalue weighted by Crippen LogP contribution is -2.56. The molecule has 0 aliphatic rings. The summed E-state index contributed by atoms with van der Waals surface area (Å²) in [6, 6.07) is 12.0. The highest BCUT2D eigenvalue weighted by Crippen LogP contribution is 2.16. The Balaban J connectivity index is 2.02. The van der Waals surface area contributed by atoms with Gasteiger partial charge >= 0.3 is 11.7 Å². The second-order valence-electron chi connectivity index (χ2n) is 10.3. The van der Waals surface area contributed by atoms with Gasteiger partial charge in [0.05, 0.1) is 10.9 Å². The molecule has 10 nitrogen and oxygen atoms in total. The van der Waals surface area contributed by atoms with Crippen LogP contribution < -0.4 is 21.9 Å². The Morgan fingerprint density at radius 2 is 1.56 bits per heavy atom. The number of aliphatic carboxylic acids is 1. The number of aromatic amines is 1. The van der Waals surface area contributed by atoms with Crippen molar-refractivity contribution in [3.8, 4) is 0 Å². The van der Waals surface area contributed by atoms with E-state index in [1.807, 2.05) is 26.8 Å². The van der Waals surface area contributed by atoms with Crippen LogP contribution in [0.4, 0.5) is 0 Å². The number of carbonyl (C=O) groups is 3. The number of nitrogens with zero attached hydrogens (tertiary/aromatic N) is 1. The number of fused-ring (bicyclic) bond motifs is 1. The minimum atomic E-state index is -1.27. The molecular weight excluding hydrogens is 500 g/mol. The van der Waals surface area contributed by atoms with Gasteiger partial charge in [-0.25, -0.2) is 14.2 Å². The summed E-state index contributed by atoms with van der Waals surface area (Å²) in [7, 11) is 0. The zero-order chi connectivity index (χ0) is 28.7. The number of aromatic nitrogens is 2. The number of benzene rings is 2. The molecule has 2 amide bonds. The number of para-hydroxylation sites is 1. The van der Waals surface area contributed by atoms with Crippen LogP contribution in [0.1, 0.15) is 52.1 Å². The van der Waals surface area contributed by atoms with E-state index >= 15 is 0 Å². The quantitative estimate of drug-likeness (QED) is 0.279. The summed E-state index contributed by atoms with van der Waals surface area (Å²) in [5.41, 5.74) is -0.311. The second-order valence-corrected chi connectivity index (χ2v) is 10.3. The topological polar surface area (TPSA) is 150 Å². The van der Waals surface area contributed by atoms with Crippen molar-refractivity contribution < 1.29 is 19.5 Å². The minimum absolute atomic E-state index is 0.0183. The third-order valence-corrected chi connectivity index (χ3v) is 6.84. The molecule has 10 heteroatoms. The van der Waals surface area contributed by atoms with Crippen molar-refractivity contribution in [2.45, 2.75) is 65.1 Å². The molecule has 0 saturated heterocycles. The lowest BCUT2D eigenvalue weighted by atomic mass is 9.96. The number of hydrogen-bond acceptors (Lipinski definition) is 5. The van der Waals surface area contributed by atoms with E-state index in [1.54, 1.807) is 55.5 Å². The largest absolute Gasteiger partial charge is 0.480 e. The van der Waals surface area contributed by atoms with Crippen LogP contribution in [0.5, 0.6) is 0 Å². The van der Waals surface area contributed by atoms with E-state index in [4.69, 9.17) is 0 Å². The summed E-state index contributed by atoms with van der Waals surface area (Å²) < 4.78 is 0.884. The Morgan fingerprint density at radius 1 is 0.923 bits per heavy atom. The zero-order valence-corrected chi connectivity index (χ0v) is 22.6. The van der Waals surface area contributed by atoms with Gasteiger partial charge < -0.3 is 20.7 Å². The molecule has 0 fully saturated rings. The van der Waals surface area contributed by atoms with Gasteiger partial charge in [0.15, 0.2) is 0 Å². The van der Waals surface area contributed by atoms with Gasteiger partial charge in [-0.1, -0.05) is 76.6 Å². The number of carboxylic acid groups (broad SMARTS) is 1. The molecule has 4 atom stereocenters. The number of nitrogens with one attached hydrogen (secondary N) is 3. The SMILES string of the molecule is CCC(C)C(NC(=O)C(Cc1ccccc1)n1c(=O)[nH]c2ccccc2c1=O)C(=O)NC(CC(C)C)C(=O)O. The average Bonchev–Trinajstić information content (AvgIpc) is 2.90. The van der Waals surface area contributed by atoms with Gasteiger partial charge in [0.25, 0.3) is 5.56 Å². The third-order valence-electron chi connectivity index (χ3n) is 6.84. The molecular formula is C29H36N4O6. The highest BCUT2D eigenvalue weighted by Gasteiger charge is 2.33. The Kier molecular flexibility index (Phi) is 9.81. The molecule has 0 aliphatic heterocycles. The van der Waals surface area contributed by atoms with Crippen molar-refractivity contribution in [3.63, 3.8) is 0 Å². The van der Waals surface area contributed by atoms with Gasteiger partial charge in [-0.2, -0.15) is 0 Å². The predicted octanol–water partition coefficient (Wildman–Crippen LogP) is 2.62. The molecule has 2 aromatic carbocycles. The first-order valence-electron chi connectivity index (χ1n) is 13.1. The van der Waals surface area contributed by atoms with Crippen molar-refractivity contribution in [1.29, 1.82) is 0 Å². The average molecular weight is 537 g/mol. The third kappa shape index (κ3) is 7.22. The fraction of sp³-hybridized carbons (Fsp3) is 0.414. The first-order valence-corrected chi connectivity index (χ1v) is 13.1. The zero-order valence-electron chi connectivity index (χ0n) is 22.6. The van der Waals surface area contributed by atoms with Crippen molar-refractivity contribution in [2.24, 2.45) is 11.8 Å². The molecule has 3 aromatic rings. The molecule has 1 aromatic heterocycles. The smallest absolute Gasteiger partial charge is 0.329 e. The van der Waals surface area contributed by atoms with Crippen molar-refractivity contribution in [3.05, 3.63) is 81.0 Å². The first kappa shape index (κ1) is 29.3. The van der Waals surface area contributed by atoms with Gasteiger partial charge in [0, 0.05) is 6.42 Å². The molecule has 0 spiro atoms. The molecule has 0 aliphatic carbocycles. The lowest BCUT2D eigenvalue weighted by Gasteiger charge is -2.28. The van der Waals surface area contributed by atoms with Crippen LogP contribution in [0.15, 0.2) is 64.2 Å². The van der Waals surface area contributed by atoms with Gasteiger partial charge in [-0.15, -0.1) is 0 Å². The second kappa shape index (κ2) is 13.0. The Morgan fingerprint density at radius 3 is 2.18 bits per heavy atom. The van der Waals surface area contributed by atoms with Crippen molar-refractivity contribution in [1.82, 2.24) is 20.2 Å². The van der Waals surface area contributed by atoms with Crippen LogP contribution in [-0.4, -0.2) is 44.5 Å².